The number of anilines is 1. The Kier molecular flexibility index (Phi) is 7.71. The van der Waals surface area contributed by atoms with Crippen LogP contribution in [0.3, 0.4) is 0 Å². The molecule has 6 nitrogen and oxygen atoms in total. The minimum absolute atomic E-state index is 0.215. The van der Waals surface area contributed by atoms with Crippen LogP contribution in [0.4, 0.5) is 5.69 Å². The van der Waals surface area contributed by atoms with Crippen LogP contribution in [-0.4, -0.2) is 34.4 Å². The van der Waals surface area contributed by atoms with Crippen molar-refractivity contribution in [3.8, 4) is 11.5 Å². The van der Waals surface area contributed by atoms with E-state index in [9.17, 15) is 13.2 Å². The van der Waals surface area contributed by atoms with E-state index in [0.29, 0.717) is 35.1 Å². The van der Waals surface area contributed by atoms with Crippen LogP contribution in [0.2, 0.25) is 0 Å². The third kappa shape index (κ3) is 5.62. The molecule has 28 heavy (non-hydrogen) atoms. The first kappa shape index (κ1) is 22.0. The molecule has 0 atom stereocenters. The summed E-state index contributed by atoms with van der Waals surface area (Å²) in [6.45, 7) is 1.89. The van der Waals surface area contributed by atoms with E-state index in [1.54, 1.807) is 36.4 Å². The molecule has 1 N–H and O–H groups in total. The van der Waals surface area contributed by atoms with E-state index in [2.05, 4.69) is 5.32 Å². The third-order valence-corrected chi connectivity index (χ3v) is 6.10. The van der Waals surface area contributed by atoms with Gasteiger partial charge in [0.2, 0.25) is 5.91 Å². The summed E-state index contributed by atoms with van der Waals surface area (Å²) in [4.78, 5) is 12.4. The molecule has 0 fully saturated rings. The molecule has 0 radical (unpaired) electrons. The van der Waals surface area contributed by atoms with Gasteiger partial charge in [-0.25, -0.2) is 8.42 Å². The maximum atomic E-state index is 12.9. The van der Waals surface area contributed by atoms with Crippen LogP contribution in [0, 0.1) is 6.92 Å². The molecule has 0 heterocycles. The van der Waals surface area contributed by atoms with Crippen LogP contribution in [-0.2, 0) is 20.4 Å². The quantitative estimate of drug-likeness (QED) is 0.615. The number of aryl methyl sites for hydroxylation is 1. The van der Waals surface area contributed by atoms with Crippen molar-refractivity contribution in [3.05, 3.63) is 47.5 Å². The monoisotopic (exact) mass is 425 g/mol. The molecular weight excluding hydrogens is 402 g/mol. The molecular formula is C20H24ClNO5S. The molecule has 0 saturated heterocycles. The van der Waals surface area contributed by atoms with Crippen molar-refractivity contribution >= 4 is 33.0 Å². The van der Waals surface area contributed by atoms with Crippen molar-refractivity contribution in [2.45, 2.75) is 30.4 Å². The Balaban J connectivity index is 2.42. The molecule has 152 valence electrons. The molecule has 0 spiro atoms. The zero-order valence-electron chi connectivity index (χ0n) is 16.1. The normalized spacial score (nSPS) is 11.1. The number of hydrogen-bond donors (Lipinski definition) is 1. The van der Waals surface area contributed by atoms with Gasteiger partial charge in [-0.1, -0.05) is 17.7 Å². The summed E-state index contributed by atoms with van der Waals surface area (Å²) in [6, 6.07) is 9.78. The standard InChI is InChI=1S/C20H24ClNO5S/c1-14-6-8-16(9-7-14)28(24,25)13-15-11-18(26-2)19(27-3)12-17(15)22-20(23)5-4-10-21/h6-9,11-12H,4-5,10,13H2,1-3H3,(H,22,23). The number of nitrogens with one attached hydrogen (secondary N) is 1. The Morgan fingerprint density at radius 3 is 2.25 bits per heavy atom. The van der Waals surface area contributed by atoms with Gasteiger partial charge in [0.25, 0.3) is 0 Å². The first-order valence-electron chi connectivity index (χ1n) is 8.71. The fraction of sp³-hybridized carbons (Fsp3) is 0.350. The van der Waals surface area contributed by atoms with E-state index in [-0.39, 0.29) is 23.0 Å². The van der Waals surface area contributed by atoms with Gasteiger partial charge in [0.1, 0.15) is 0 Å². The van der Waals surface area contributed by atoms with Crippen LogP contribution in [0.1, 0.15) is 24.0 Å². The first-order valence-corrected chi connectivity index (χ1v) is 10.9. The Bertz CT molecular complexity index is 926. The summed E-state index contributed by atoms with van der Waals surface area (Å²) in [5, 5.41) is 2.76. The lowest BCUT2D eigenvalue weighted by Crippen LogP contribution is -2.15. The van der Waals surface area contributed by atoms with Gasteiger partial charge >= 0.3 is 0 Å². The minimum atomic E-state index is -3.62. The number of benzene rings is 2. The molecule has 2 rings (SSSR count). The predicted molar refractivity (Wildman–Crippen MR) is 110 cm³/mol. The summed E-state index contributed by atoms with van der Waals surface area (Å²) in [7, 11) is -0.680. The molecule has 1 amide bonds. The highest BCUT2D eigenvalue weighted by molar-refractivity contribution is 7.90. The number of carbonyl (C=O) groups is 1. The molecule has 2 aromatic rings. The highest BCUT2D eigenvalue weighted by Gasteiger charge is 2.21. The van der Waals surface area contributed by atoms with Crippen molar-refractivity contribution < 1.29 is 22.7 Å². The maximum absolute atomic E-state index is 12.9. The van der Waals surface area contributed by atoms with E-state index in [1.165, 1.54) is 14.2 Å². The summed E-state index contributed by atoms with van der Waals surface area (Å²) in [6.07, 6.45) is 0.764. The molecule has 0 saturated carbocycles. The van der Waals surface area contributed by atoms with Gasteiger partial charge in [-0.2, -0.15) is 0 Å². The third-order valence-electron chi connectivity index (χ3n) is 4.15. The van der Waals surface area contributed by atoms with E-state index >= 15 is 0 Å². The SMILES string of the molecule is COc1cc(CS(=O)(=O)c2ccc(C)cc2)c(NC(=O)CCCCl)cc1OC. The van der Waals surface area contributed by atoms with Gasteiger partial charge in [-0.15, -0.1) is 11.6 Å². The van der Waals surface area contributed by atoms with Gasteiger partial charge < -0.3 is 14.8 Å². The fourth-order valence-corrected chi connectivity index (χ4v) is 4.13. The van der Waals surface area contributed by atoms with Gasteiger partial charge in [-0.05, 0) is 37.1 Å². The molecule has 0 aliphatic heterocycles. The predicted octanol–water partition coefficient (Wildman–Crippen LogP) is 3.94. The van der Waals surface area contributed by atoms with Crippen LogP contribution in [0.25, 0.3) is 0 Å². The smallest absolute Gasteiger partial charge is 0.224 e. The number of methoxy groups -OCH3 is 2. The number of rotatable bonds is 9. The molecule has 0 bridgehead atoms. The van der Waals surface area contributed by atoms with E-state index in [0.717, 1.165) is 5.56 Å². The van der Waals surface area contributed by atoms with E-state index in [1.807, 2.05) is 6.92 Å². The summed E-state index contributed by atoms with van der Waals surface area (Å²) < 4.78 is 36.3. The number of ether oxygens (including phenoxy) is 2. The zero-order valence-corrected chi connectivity index (χ0v) is 17.7. The van der Waals surface area contributed by atoms with Crippen molar-refractivity contribution in [2.75, 3.05) is 25.4 Å². The van der Waals surface area contributed by atoms with Crippen LogP contribution >= 0.6 is 11.6 Å². The second-order valence-electron chi connectivity index (χ2n) is 6.28. The maximum Gasteiger partial charge on any atom is 0.224 e. The number of alkyl halides is 1. The lowest BCUT2D eigenvalue weighted by molar-refractivity contribution is -0.116. The second kappa shape index (κ2) is 9.80. The number of sulfone groups is 1. The number of hydrogen-bond acceptors (Lipinski definition) is 5. The van der Waals surface area contributed by atoms with Crippen LogP contribution in [0.15, 0.2) is 41.3 Å². The van der Waals surface area contributed by atoms with E-state index < -0.39 is 9.84 Å². The Hall–Kier alpha value is -2.25. The van der Waals surface area contributed by atoms with Crippen molar-refractivity contribution in [1.82, 2.24) is 0 Å². The van der Waals surface area contributed by atoms with Crippen molar-refractivity contribution in [1.29, 1.82) is 0 Å². The summed E-state index contributed by atoms with van der Waals surface area (Å²) in [5.74, 6) is 0.610. The fourth-order valence-electron chi connectivity index (χ4n) is 2.63. The number of halogens is 1. The minimum Gasteiger partial charge on any atom is -0.493 e. The summed E-state index contributed by atoms with van der Waals surface area (Å²) >= 11 is 5.64. The molecule has 8 heteroatoms. The van der Waals surface area contributed by atoms with Crippen molar-refractivity contribution in [3.63, 3.8) is 0 Å². The van der Waals surface area contributed by atoms with Crippen LogP contribution < -0.4 is 14.8 Å². The first-order chi connectivity index (χ1) is 13.3. The topological polar surface area (TPSA) is 81.7 Å². The van der Waals surface area contributed by atoms with Gasteiger partial charge in [0.15, 0.2) is 21.3 Å². The van der Waals surface area contributed by atoms with Gasteiger partial charge in [-0.3, -0.25) is 4.79 Å². The molecule has 0 aliphatic rings. The highest BCUT2D eigenvalue weighted by Crippen LogP contribution is 2.35. The second-order valence-corrected chi connectivity index (χ2v) is 8.64. The highest BCUT2D eigenvalue weighted by atomic mass is 35.5. The number of carbonyl (C=O) groups excluding carboxylic acids is 1. The average Bonchev–Trinajstić information content (AvgIpc) is 2.67. The van der Waals surface area contributed by atoms with Gasteiger partial charge in [0, 0.05) is 24.1 Å². The Morgan fingerprint density at radius 2 is 1.68 bits per heavy atom. The van der Waals surface area contributed by atoms with E-state index in [4.69, 9.17) is 21.1 Å². The Morgan fingerprint density at radius 1 is 1.07 bits per heavy atom. The molecule has 0 aromatic heterocycles. The van der Waals surface area contributed by atoms with Gasteiger partial charge in [0.05, 0.1) is 24.9 Å². The summed E-state index contributed by atoms with van der Waals surface area (Å²) in [5.41, 5.74) is 1.75. The lowest BCUT2D eigenvalue weighted by Gasteiger charge is -2.16. The van der Waals surface area contributed by atoms with Crippen LogP contribution in [0.5, 0.6) is 11.5 Å². The average molecular weight is 426 g/mol. The Labute approximate surface area is 170 Å². The lowest BCUT2D eigenvalue weighted by atomic mass is 10.1. The van der Waals surface area contributed by atoms with Crippen molar-refractivity contribution in [2.24, 2.45) is 0 Å². The number of amides is 1. The molecule has 2 aromatic carbocycles. The molecule has 0 unspecified atom stereocenters. The largest absolute Gasteiger partial charge is 0.493 e. The zero-order chi connectivity index (χ0) is 20.7. The molecule has 0 aliphatic carbocycles.